The fraction of sp³-hybridized carbons (Fsp3) is 0.417. The molecule has 0 aliphatic heterocycles. The Hall–Kier alpha value is -0.780. The van der Waals surface area contributed by atoms with Crippen LogP contribution in [-0.2, 0) is 0 Å². The summed E-state index contributed by atoms with van der Waals surface area (Å²) in [6, 6.07) is 5.33. The maximum absolute atomic E-state index is 11.9. The van der Waals surface area contributed by atoms with Crippen LogP contribution in [-0.4, -0.2) is 26.1 Å². The highest BCUT2D eigenvalue weighted by Gasteiger charge is 2.11. The lowest BCUT2D eigenvalue weighted by Gasteiger charge is -2.09. The predicted octanol–water partition coefficient (Wildman–Crippen LogP) is 2.35. The van der Waals surface area contributed by atoms with Gasteiger partial charge in [0.1, 0.15) is 5.75 Å². The molecule has 0 aromatic heterocycles. The molecule has 0 aliphatic carbocycles. The van der Waals surface area contributed by atoms with Gasteiger partial charge in [0.05, 0.1) is 12.7 Å². The van der Waals surface area contributed by atoms with E-state index in [4.69, 9.17) is 10.5 Å². The number of carbonyl (C=O) groups is 1. The van der Waals surface area contributed by atoms with Crippen molar-refractivity contribution in [3.05, 3.63) is 28.2 Å². The average Bonchev–Trinajstić information content (AvgIpc) is 2.34. The van der Waals surface area contributed by atoms with Crippen LogP contribution in [0.25, 0.3) is 0 Å². The fourth-order valence-electron chi connectivity index (χ4n) is 1.42. The van der Waals surface area contributed by atoms with Gasteiger partial charge in [0.25, 0.3) is 5.91 Å². The minimum atomic E-state index is -0.119. The number of unbranched alkanes of at least 4 members (excludes halogenated alkanes) is 1. The van der Waals surface area contributed by atoms with Crippen molar-refractivity contribution in [1.82, 2.24) is 5.32 Å². The van der Waals surface area contributed by atoms with E-state index in [2.05, 4.69) is 21.2 Å². The van der Waals surface area contributed by atoms with Crippen LogP contribution < -0.4 is 15.8 Å². The minimum Gasteiger partial charge on any atom is -0.496 e. The number of methoxy groups -OCH3 is 1. The summed E-state index contributed by atoms with van der Waals surface area (Å²) in [5, 5.41) is 2.84. The standard InChI is InChI=1S/C12H17BrN2O2.ClH/c1-17-11-8-9(13)4-5-10(11)12(16)15-7-3-2-6-14;/h4-5,8H,2-3,6-7,14H2,1H3,(H,15,16);1H. The van der Waals surface area contributed by atoms with Crippen LogP contribution in [0.3, 0.4) is 0 Å². The molecule has 4 nitrogen and oxygen atoms in total. The summed E-state index contributed by atoms with van der Waals surface area (Å²) in [4.78, 5) is 11.9. The molecule has 0 heterocycles. The van der Waals surface area contributed by atoms with E-state index in [9.17, 15) is 4.79 Å². The van der Waals surface area contributed by atoms with Gasteiger partial charge in [0.2, 0.25) is 0 Å². The largest absolute Gasteiger partial charge is 0.496 e. The van der Waals surface area contributed by atoms with Crippen molar-refractivity contribution in [3.8, 4) is 5.75 Å². The Morgan fingerprint density at radius 2 is 2.17 bits per heavy atom. The van der Waals surface area contributed by atoms with Crippen molar-refractivity contribution in [2.45, 2.75) is 12.8 Å². The number of amides is 1. The molecule has 0 aliphatic rings. The molecule has 0 spiro atoms. The van der Waals surface area contributed by atoms with Crippen LogP contribution in [0.1, 0.15) is 23.2 Å². The summed E-state index contributed by atoms with van der Waals surface area (Å²) in [6.07, 6.45) is 1.80. The van der Waals surface area contributed by atoms with Gasteiger partial charge >= 0.3 is 0 Å². The van der Waals surface area contributed by atoms with Gasteiger partial charge in [-0.1, -0.05) is 15.9 Å². The van der Waals surface area contributed by atoms with Crippen LogP contribution in [0.2, 0.25) is 0 Å². The number of nitrogens with two attached hydrogens (primary N) is 1. The van der Waals surface area contributed by atoms with Crippen molar-refractivity contribution >= 4 is 34.2 Å². The first-order valence-corrected chi connectivity index (χ1v) is 6.30. The van der Waals surface area contributed by atoms with E-state index < -0.39 is 0 Å². The maximum Gasteiger partial charge on any atom is 0.255 e. The summed E-state index contributed by atoms with van der Waals surface area (Å²) in [7, 11) is 1.55. The second-order valence-corrected chi connectivity index (χ2v) is 4.51. The first kappa shape index (κ1) is 17.2. The van der Waals surface area contributed by atoms with Gasteiger partial charge in [-0.05, 0) is 37.6 Å². The van der Waals surface area contributed by atoms with Crippen LogP contribution in [0.15, 0.2) is 22.7 Å². The van der Waals surface area contributed by atoms with Crippen LogP contribution in [0.4, 0.5) is 0 Å². The molecule has 102 valence electrons. The van der Waals surface area contributed by atoms with E-state index in [1.165, 1.54) is 0 Å². The minimum absolute atomic E-state index is 0. The zero-order valence-electron chi connectivity index (χ0n) is 10.2. The molecule has 0 saturated carbocycles. The summed E-state index contributed by atoms with van der Waals surface area (Å²) in [5.41, 5.74) is 5.93. The number of hydrogen-bond donors (Lipinski definition) is 2. The first-order valence-electron chi connectivity index (χ1n) is 5.51. The van der Waals surface area contributed by atoms with E-state index in [0.29, 0.717) is 24.4 Å². The van der Waals surface area contributed by atoms with E-state index in [-0.39, 0.29) is 18.3 Å². The number of carbonyl (C=O) groups excluding carboxylic acids is 1. The van der Waals surface area contributed by atoms with Gasteiger partial charge in [0.15, 0.2) is 0 Å². The van der Waals surface area contributed by atoms with Gasteiger partial charge in [-0.2, -0.15) is 0 Å². The topological polar surface area (TPSA) is 64.3 Å². The third kappa shape index (κ3) is 5.25. The SMILES string of the molecule is COc1cc(Br)ccc1C(=O)NCCCCN.Cl. The Kier molecular flexibility index (Phi) is 8.79. The molecule has 6 heteroatoms. The number of rotatable bonds is 6. The van der Waals surface area contributed by atoms with E-state index in [0.717, 1.165) is 17.3 Å². The number of hydrogen-bond acceptors (Lipinski definition) is 3. The fourth-order valence-corrected chi connectivity index (χ4v) is 1.76. The highest BCUT2D eigenvalue weighted by Crippen LogP contribution is 2.23. The van der Waals surface area contributed by atoms with Crippen molar-refractivity contribution in [1.29, 1.82) is 0 Å². The normalized spacial score (nSPS) is 9.50. The summed E-state index contributed by atoms with van der Waals surface area (Å²) in [5.74, 6) is 0.446. The molecule has 0 atom stereocenters. The summed E-state index contributed by atoms with van der Waals surface area (Å²) >= 11 is 3.33. The third-order valence-corrected chi connectivity index (χ3v) is 2.82. The smallest absolute Gasteiger partial charge is 0.255 e. The lowest BCUT2D eigenvalue weighted by Crippen LogP contribution is -2.25. The van der Waals surface area contributed by atoms with Gasteiger partial charge in [-0.3, -0.25) is 4.79 Å². The van der Waals surface area contributed by atoms with Crippen molar-refractivity contribution in [2.75, 3.05) is 20.2 Å². The van der Waals surface area contributed by atoms with Crippen LogP contribution >= 0.6 is 28.3 Å². The monoisotopic (exact) mass is 336 g/mol. The molecule has 0 saturated heterocycles. The number of benzene rings is 1. The van der Waals surface area contributed by atoms with Crippen molar-refractivity contribution in [2.24, 2.45) is 5.73 Å². The van der Waals surface area contributed by atoms with Gasteiger partial charge in [0, 0.05) is 11.0 Å². The molecule has 1 rings (SSSR count). The van der Waals surface area contributed by atoms with E-state index in [1.807, 2.05) is 6.07 Å². The third-order valence-electron chi connectivity index (χ3n) is 2.32. The Balaban J connectivity index is 0.00000289. The molecular weight excluding hydrogens is 320 g/mol. The van der Waals surface area contributed by atoms with Gasteiger partial charge < -0.3 is 15.8 Å². The predicted molar refractivity (Wildman–Crippen MR) is 78.6 cm³/mol. The second kappa shape index (κ2) is 9.19. The summed E-state index contributed by atoms with van der Waals surface area (Å²) in [6.45, 7) is 1.28. The van der Waals surface area contributed by atoms with Gasteiger partial charge in [-0.15, -0.1) is 12.4 Å². The number of nitrogens with one attached hydrogen (secondary N) is 1. The van der Waals surface area contributed by atoms with Crippen LogP contribution in [0.5, 0.6) is 5.75 Å². The Morgan fingerprint density at radius 3 is 2.78 bits per heavy atom. The number of halogens is 2. The molecule has 1 aromatic rings. The van der Waals surface area contributed by atoms with Crippen molar-refractivity contribution in [3.63, 3.8) is 0 Å². The molecule has 1 aromatic carbocycles. The van der Waals surface area contributed by atoms with E-state index in [1.54, 1.807) is 19.2 Å². The quantitative estimate of drug-likeness (QED) is 0.783. The zero-order chi connectivity index (χ0) is 12.7. The lowest BCUT2D eigenvalue weighted by atomic mass is 10.2. The zero-order valence-corrected chi connectivity index (χ0v) is 12.6. The Bertz CT molecular complexity index is 388. The molecule has 0 radical (unpaired) electrons. The van der Waals surface area contributed by atoms with Gasteiger partial charge in [-0.25, -0.2) is 0 Å². The average molecular weight is 338 g/mol. The lowest BCUT2D eigenvalue weighted by molar-refractivity contribution is 0.0950. The molecule has 0 unspecified atom stereocenters. The molecule has 3 N–H and O–H groups in total. The molecule has 0 fully saturated rings. The maximum atomic E-state index is 11.9. The van der Waals surface area contributed by atoms with Crippen LogP contribution in [0, 0.1) is 0 Å². The first-order chi connectivity index (χ1) is 8.19. The molecule has 0 bridgehead atoms. The molecule has 18 heavy (non-hydrogen) atoms. The highest BCUT2D eigenvalue weighted by molar-refractivity contribution is 9.10. The summed E-state index contributed by atoms with van der Waals surface area (Å²) < 4.78 is 6.05. The molecule has 1 amide bonds. The Morgan fingerprint density at radius 1 is 1.44 bits per heavy atom. The van der Waals surface area contributed by atoms with Crippen molar-refractivity contribution < 1.29 is 9.53 Å². The van der Waals surface area contributed by atoms with E-state index >= 15 is 0 Å². The molecular formula is C12H18BrClN2O2. The highest BCUT2D eigenvalue weighted by atomic mass is 79.9. The Labute approximate surface area is 122 Å². The number of ether oxygens (including phenoxy) is 1. The second-order valence-electron chi connectivity index (χ2n) is 3.60.